The van der Waals surface area contributed by atoms with Gasteiger partial charge in [-0.15, -0.1) is 12.4 Å². The molecule has 0 saturated heterocycles. The van der Waals surface area contributed by atoms with Gasteiger partial charge in [0.05, 0.1) is 25.0 Å². The van der Waals surface area contributed by atoms with E-state index in [0.29, 0.717) is 12.2 Å². The zero-order valence-corrected chi connectivity index (χ0v) is 10.8. The lowest BCUT2D eigenvalue weighted by molar-refractivity contribution is 0.269. The van der Waals surface area contributed by atoms with E-state index in [1.165, 1.54) is 12.1 Å². The molecule has 0 fully saturated rings. The van der Waals surface area contributed by atoms with E-state index in [2.05, 4.69) is 10.4 Å². The minimum atomic E-state index is -0.856. The normalized spacial score (nSPS) is 10.1. The van der Waals surface area contributed by atoms with Gasteiger partial charge in [0.25, 0.3) is 0 Å². The van der Waals surface area contributed by atoms with Crippen LogP contribution in [0.25, 0.3) is 0 Å². The fraction of sp³-hybridized carbons (Fsp3) is 0.250. The van der Waals surface area contributed by atoms with Gasteiger partial charge in [-0.25, -0.2) is 8.78 Å². The quantitative estimate of drug-likeness (QED) is 0.887. The summed E-state index contributed by atoms with van der Waals surface area (Å²) in [6.07, 6.45) is 3.25. The van der Waals surface area contributed by atoms with Crippen molar-refractivity contribution in [2.45, 2.75) is 13.1 Å². The second-order valence-corrected chi connectivity index (χ2v) is 3.78. The third-order valence-electron chi connectivity index (χ3n) is 2.48. The first-order valence-corrected chi connectivity index (χ1v) is 5.51. The standard InChI is InChI=1S/C12H13F2N3O.ClH/c13-11-3-1-2-9(12(11)14)6-15-10-7-16-17(8-10)4-5-18;/h1-3,7-8,15,18H,4-6H2;1H. The average molecular weight is 290 g/mol. The third-order valence-corrected chi connectivity index (χ3v) is 2.48. The van der Waals surface area contributed by atoms with Gasteiger partial charge in [-0.05, 0) is 6.07 Å². The molecule has 1 aromatic heterocycles. The molecular weight excluding hydrogens is 276 g/mol. The molecule has 0 aliphatic heterocycles. The van der Waals surface area contributed by atoms with Gasteiger partial charge < -0.3 is 10.4 Å². The monoisotopic (exact) mass is 289 g/mol. The van der Waals surface area contributed by atoms with Crippen molar-refractivity contribution in [3.63, 3.8) is 0 Å². The zero-order valence-electron chi connectivity index (χ0n) is 10.0. The molecule has 19 heavy (non-hydrogen) atoms. The minimum absolute atomic E-state index is 0. The molecule has 2 rings (SSSR count). The number of aliphatic hydroxyl groups is 1. The summed E-state index contributed by atoms with van der Waals surface area (Å²) < 4.78 is 27.9. The number of hydrogen-bond acceptors (Lipinski definition) is 3. The van der Waals surface area contributed by atoms with E-state index in [-0.39, 0.29) is 31.1 Å². The molecule has 2 N–H and O–H groups in total. The van der Waals surface area contributed by atoms with Crippen LogP contribution < -0.4 is 5.32 Å². The summed E-state index contributed by atoms with van der Waals surface area (Å²) >= 11 is 0. The number of aliphatic hydroxyl groups excluding tert-OH is 1. The Balaban J connectivity index is 0.00000180. The molecule has 0 saturated carbocycles. The van der Waals surface area contributed by atoms with Gasteiger partial charge in [-0.3, -0.25) is 4.68 Å². The van der Waals surface area contributed by atoms with E-state index in [4.69, 9.17) is 5.11 Å². The molecule has 1 heterocycles. The Kier molecular flexibility index (Phi) is 5.72. The lowest BCUT2D eigenvalue weighted by atomic mass is 10.2. The van der Waals surface area contributed by atoms with Crippen molar-refractivity contribution < 1.29 is 13.9 Å². The lowest BCUT2D eigenvalue weighted by Gasteiger charge is -2.05. The predicted octanol–water partition coefficient (Wildman–Crippen LogP) is 2.19. The average Bonchev–Trinajstić information content (AvgIpc) is 2.79. The molecule has 4 nitrogen and oxygen atoms in total. The van der Waals surface area contributed by atoms with Crippen LogP contribution in [0.2, 0.25) is 0 Å². The molecule has 0 spiro atoms. The van der Waals surface area contributed by atoms with Crippen molar-refractivity contribution in [2.24, 2.45) is 0 Å². The molecule has 1 aromatic carbocycles. The van der Waals surface area contributed by atoms with E-state index in [1.54, 1.807) is 17.1 Å². The van der Waals surface area contributed by atoms with Crippen LogP contribution in [0.3, 0.4) is 0 Å². The molecular formula is C12H14ClF2N3O. The number of halogens is 3. The second-order valence-electron chi connectivity index (χ2n) is 3.78. The summed E-state index contributed by atoms with van der Waals surface area (Å²) in [5.41, 5.74) is 0.942. The summed E-state index contributed by atoms with van der Waals surface area (Å²) in [5, 5.41) is 15.7. The maximum Gasteiger partial charge on any atom is 0.163 e. The van der Waals surface area contributed by atoms with Crippen LogP contribution in [-0.4, -0.2) is 21.5 Å². The maximum absolute atomic E-state index is 13.4. The molecule has 0 aliphatic carbocycles. The van der Waals surface area contributed by atoms with Gasteiger partial charge in [0, 0.05) is 18.3 Å². The molecule has 0 atom stereocenters. The summed E-state index contributed by atoms with van der Waals surface area (Å²) in [6.45, 7) is 0.573. The number of hydrogen-bond donors (Lipinski definition) is 2. The molecule has 2 aromatic rings. The topological polar surface area (TPSA) is 50.1 Å². The van der Waals surface area contributed by atoms with Gasteiger partial charge >= 0.3 is 0 Å². The summed E-state index contributed by atoms with van der Waals surface area (Å²) in [4.78, 5) is 0. The Morgan fingerprint density at radius 1 is 1.32 bits per heavy atom. The van der Waals surface area contributed by atoms with Crippen molar-refractivity contribution in [3.05, 3.63) is 47.8 Å². The largest absolute Gasteiger partial charge is 0.394 e. The maximum atomic E-state index is 13.4. The Hall–Kier alpha value is -1.66. The number of nitrogens with zero attached hydrogens (tertiary/aromatic N) is 2. The molecule has 0 unspecified atom stereocenters. The molecule has 0 bridgehead atoms. The SMILES string of the molecule is Cl.OCCn1cc(NCc2cccc(F)c2F)cn1. The van der Waals surface area contributed by atoms with E-state index in [9.17, 15) is 8.78 Å². The fourth-order valence-electron chi connectivity index (χ4n) is 1.56. The minimum Gasteiger partial charge on any atom is -0.394 e. The summed E-state index contributed by atoms with van der Waals surface area (Å²) in [7, 11) is 0. The number of aromatic nitrogens is 2. The fourth-order valence-corrected chi connectivity index (χ4v) is 1.56. The van der Waals surface area contributed by atoms with Crippen LogP contribution in [-0.2, 0) is 13.1 Å². The lowest BCUT2D eigenvalue weighted by Crippen LogP contribution is -2.03. The molecule has 0 aliphatic rings. The van der Waals surface area contributed by atoms with Crippen LogP contribution >= 0.6 is 12.4 Å². The van der Waals surface area contributed by atoms with E-state index in [1.807, 2.05) is 0 Å². The Morgan fingerprint density at radius 3 is 2.84 bits per heavy atom. The van der Waals surface area contributed by atoms with Crippen LogP contribution in [0.5, 0.6) is 0 Å². The number of rotatable bonds is 5. The van der Waals surface area contributed by atoms with E-state index < -0.39 is 11.6 Å². The molecule has 0 radical (unpaired) electrons. The van der Waals surface area contributed by atoms with Crippen molar-refractivity contribution in [3.8, 4) is 0 Å². The third kappa shape index (κ3) is 3.90. The van der Waals surface area contributed by atoms with Crippen LogP contribution in [0.4, 0.5) is 14.5 Å². The number of anilines is 1. The molecule has 7 heteroatoms. The Labute approximate surface area is 115 Å². The first-order valence-electron chi connectivity index (χ1n) is 5.51. The first kappa shape index (κ1) is 15.4. The number of benzene rings is 1. The van der Waals surface area contributed by atoms with Gasteiger partial charge in [-0.1, -0.05) is 12.1 Å². The smallest absolute Gasteiger partial charge is 0.163 e. The first-order chi connectivity index (χ1) is 8.70. The van der Waals surface area contributed by atoms with Crippen molar-refractivity contribution in [2.75, 3.05) is 11.9 Å². The zero-order chi connectivity index (χ0) is 13.0. The van der Waals surface area contributed by atoms with Crippen molar-refractivity contribution >= 4 is 18.1 Å². The number of nitrogens with one attached hydrogen (secondary N) is 1. The Morgan fingerprint density at radius 2 is 2.11 bits per heavy atom. The van der Waals surface area contributed by atoms with E-state index >= 15 is 0 Å². The highest BCUT2D eigenvalue weighted by Crippen LogP contribution is 2.13. The van der Waals surface area contributed by atoms with Gasteiger partial charge in [0.2, 0.25) is 0 Å². The van der Waals surface area contributed by atoms with Crippen molar-refractivity contribution in [1.82, 2.24) is 9.78 Å². The second kappa shape index (κ2) is 7.06. The van der Waals surface area contributed by atoms with Crippen molar-refractivity contribution in [1.29, 1.82) is 0 Å². The van der Waals surface area contributed by atoms with Gasteiger partial charge in [-0.2, -0.15) is 5.10 Å². The summed E-state index contributed by atoms with van der Waals surface area (Å²) in [6, 6.07) is 4.06. The molecule has 0 amide bonds. The highest BCUT2D eigenvalue weighted by Gasteiger charge is 2.07. The summed E-state index contributed by atoms with van der Waals surface area (Å²) in [5.74, 6) is -1.70. The van der Waals surface area contributed by atoms with Gasteiger partial charge in [0.1, 0.15) is 0 Å². The van der Waals surface area contributed by atoms with Gasteiger partial charge in [0.15, 0.2) is 11.6 Å². The highest BCUT2D eigenvalue weighted by atomic mass is 35.5. The highest BCUT2D eigenvalue weighted by molar-refractivity contribution is 5.85. The van der Waals surface area contributed by atoms with Crippen LogP contribution in [0, 0.1) is 11.6 Å². The Bertz CT molecular complexity index is 533. The predicted molar refractivity (Wildman–Crippen MR) is 70.2 cm³/mol. The van der Waals surface area contributed by atoms with Crippen LogP contribution in [0.15, 0.2) is 30.6 Å². The van der Waals surface area contributed by atoms with Crippen LogP contribution in [0.1, 0.15) is 5.56 Å². The van der Waals surface area contributed by atoms with E-state index in [0.717, 1.165) is 6.07 Å². The molecule has 104 valence electrons.